The van der Waals surface area contributed by atoms with E-state index in [1.54, 1.807) is 29.2 Å². The quantitative estimate of drug-likeness (QED) is 0.635. The molecule has 0 aliphatic carbocycles. The van der Waals surface area contributed by atoms with E-state index in [9.17, 15) is 26.4 Å². The summed E-state index contributed by atoms with van der Waals surface area (Å²) in [7, 11) is -4.13. The number of hydrogen-bond acceptors (Lipinski definition) is 3. The van der Waals surface area contributed by atoms with E-state index >= 15 is 0 Å². The van der Waals surface area contributed by atoms with Crippen LogP contribution in [-0.2, 0) is 27.4 Å². The largest absolute Gasteiger partial charge is 0.416 e. The van der Waals surface area contributed by atoms with Crippen molar-refractivity contribution in [2.45, 2.75) is 42.6 Å². The lowest BCUT2D eigenvalue weighted by Gasteiger charge is -2.31. The minimum Gasteiger partial charge on any atom is -0.338 e. The van der Waals surface area contributed by atoms with Crippen molar-refractivity contribution in [1.29, 1.82) is 0 Å². The summed E-state index contributed by atoms with van der Waals surface area (Å²) in [5, 5.41) is 0.567. The molecule has 9 heteroatoms. The third-order valence-electron chi connectivity index (χ3n) is 5.65. The topological polar surface area (TPSA) is 54.5 Å². The minimum absolute atomic E-state index is 0.0127. The average Bonchev–Trinajstić information content (AvgIpc) is 3.04. The summed E-state index contributed by atoms with van der Waals surface area (Å²) in [5.74, 6) is -0.751. The number of hydrogen-bond donors (Lipinski definition) is 0. The molecule has 0 aromatic heterocycles. The van der Waals surface area contributed by atoms with E-state index in [4.69, 9.17) is 11.6 Å². The molecule has 1 atom stereocenters. The lowest BCUT2D eigenvalue weighted by atomic mass is 9.94. The average molecular weight is 460 g/mol. The highest BCUT2D eigenvalue weighted by molar-refractivity contribution is 7.92. The summed E-state index contributed by atoms with van der Waals surface area (Å²) < 4.78 is 64.1. The van der Waals surface area contributed by atoms with Gasteiger partial charge in [0.1, 0.15) is 0 Å². The molecule has 1 saturated heterocycles. The number of halogens is 4. The van der Waals surface area contributed by atoms with E-state index in [2.05, 4.69) is 0 Å². The molecule has 0 N–H and O–H groups in total. The molecule has 0 saturated carbocycles. The number of carbonyl (C=O) groups excluding carboxylic acids is 1. The summed E-state index contributed by atoms with van der Waals surface area (Å²) in [6.07, 6.45) is -4.63. The highest BCUT2D eigenvalue weighted by Crippen LogP contribution is 2.39. The van der Waals surface area contributed by atoms with Crippen LogP contribution in [0.3, 0.4) is 0 Å². The van der Waals surface area contributed by atoms with Gasteiger partial charge in [-0.1, -0.05) is 29.8 Å². The van der Waals surface area contributed by atoms with Crippen LogP contribution >= 0.6 is 11.6 Å². The Morgan fingerprint density at radius 3 is 2.33 bits per heavy atom. The number of amides is 1. The maximum absolute atomic E-state index is 13.2. The molecule has 0 bridgehead atoms. The van der Waals surface area contributed by atoms with Gasteiger partial charge in [0, 0.05) is 30.5 Å². The molecule has 2 aromatic rings. The lowest BCUT2D eigenvalue weighted by Crippen LogP contribution is -2.41. The fraction of sp³-hybridized carbons (Fsp3) is 0.381. The molecule has 1 aliphatic heterocycles. The molecule has 162 valence electrons. The Balaban J connectivity index is 1.84. The Morgan fingerprint density at radius 1 is 1.10 bits per heavy atom. The monoisotopic (exact) mass is 459 g/mol. The van der Waals surface area contributed by atoms with Crippen LogP contribution < -0.4 is 0 Å². The molecular formula is C21H21ClF3NO3S. The third kappa shape index (κ3) is 4.34. The number of benzene rings is 2. The van der Waals surface area contributed by atoms with Crippen molar-refractivity contribution < 1.29 is 26.4 Å². The molecule has 30 heavy (non-hydrogen) atoms. The van der Waals surface area contributed by atoms with E-state index in [1.165, 1.54) is 13.8 Å². The number of alkyl halides is 3. The zero-order valence-electron chi connectivity index (χ0n) is 16.4. The van der Waals surface area contributed by atoms with Gasteiger partial charge in [-0.05, 0) is 49.7 Å². The maximum atomic E-state index is 13.2. The number of likely N-dealkylation sites (tertiary alicyclic amines) is 1. The zero-order valence-corrected chi connectivity index (χ0v) is 18.0. The molecule has 2 aromatic carbocycles. The van der Waals surface area contributed by atoms with Crippen molar-refractivity contribution >= 4 is 27.3 Å². The molecule has 1 aliphatic rings. The van der Waals surface area contributed by atoms with Gasteiger partial charge in [-0.15, -0.1) is 0 Å². The smallest absolute Gasteiger partial charge is 0.338 e. The first-order valence-electron chi connectivity index (χ1n) is 9.26. The normalized spacial score (nSPS) is 18.1. The molecule has 1 heterocycles. The fourth-order valence-corrected chi connectivity index (χ4v) is 5.43. The SMILES string of the molecule is CC(C)(C1CC(=O)N(Cc2ccc(Cl)cc2)C1)S(=O)(=O)c1cccc(C(F)(F)F)c1. The molecule has 0 radical (unpaired) electrons. The summed E-state index contributed by atoms with van der Waals surface area (Å²) in [6.45, 7) is 3.44. The van der Waals surface area contributed by atoms with Crippen LogP contribution in [0.25, 0.3) is 0 Å². The van der Waals surface area contributed by atoms with Crippen LogP contribution in [0.1, 0.15) is 31.4 Å². The summed E-state index contributed by atoms with van der Waals surface area (Å²) in [4.78, 5) is 13.7. The van der Waals surface area contributed by atoms with Gasteiger partial charge in [-0.3, -0.25) is 4.79 Å². The van der Waals surface area contributed by atoms with E-state index < -0.39 is 37.1 Å². The van der Waals surface area contributed by atoms with Crippen LogP contribution in [-0.4, -0.2) is 30.5 Å². The maximum Gasteiger partial charge on any atom is 0.416 e. The summed E-state index contributed by atoms with van der Waals surface area (Å²) >= 11 is 5.87. The Labute approximate surface area is 178 Å². The van der Waals surface area contributed by atoms with Crippen molar-refractivity contribution in [3.05, 3.63) is 64.7 Å². The van der Waals surface area contributed by atoms with Crippen molar-refractivity contribution in [1.82, 2.24) is 4.90 Å². The van der Waals surface area contributed by atoms with Crippen molar-refractivity contribution in [3.8, 4) is 0 Å². The van der Waals surface area contributed by atoms with E-state index in [1.807, 2.05) is 0 Å². The highest BCUT2D eigenvalue weighted by Gasteiger charge is 2.48. The molecule has 1 fully saturated rings. The lowest BCUT2D eigenvalue weighted by molar-refractivity contribution is -0.137. The van der Waals surface area contributed by atoms with E-state index in [0.717, 1.165) is 23.8 Å². The Kier molecular flexibility index (Phi) is 5.95. The third-order valence-corrected chi connectivity index (χ3v) is 8.49. The predicted molar refractivity (Wildman–Crippen MR) is 108 cm³/mol. The van der Waals surface area contributed by atoms with Crippen LogP contribution in [0.5, 0.6) is 0 Å². The standard InChI is InChI=1S/C21H21ClF3NO3S/c1-20(2,30(28,29)18-5-3-4-15(10-18)21(23,24)25)16-11-19(27)26(13-16)12-14-6-8-17(22)9-7-14/h3-10,16H,11-13H2,1-2H3. The number of rotatable bonds is 5. The van der Waals surface area contributed by atoms with Gasteiger partial charge < -0.3 is 4.90 Å². The van der Waals surface area contributed by atoms with Crippen molar-refractivity contribution in [2.75, 3.05) is 6.54 Å². The molecule has 4 nitrogen and oxygen atoms in total. The molecule has 0 spiro atoms. The fourth-order valence-electron chi connectivity index (χ4n) is 3.56. The van der Waals surface area contributed by atoms with Crippen molar-refractivity contribution in [2.24, 2.45) is 5.92 Å². The van der Waals surface area contributed by atoms with Gasteiger partial charge in [0.25, 0.3) is 0 Å². The Hall–Kier alpha value is -2.06. The number of nitrogens with zero attached hydrogens (tertiary/aromatic N) is 1. The van der Waals surface area contributed by atoms with Crippen LogP contribution in [0.2, 0.25) is 5.02 Å². The van der Waals surface area contributed by atoms with Gasteiger partial charge in [-0.2, -0.15) is 13.2 Å². The van der Waals surface area contributed by atoms with Crippen LogP contribution in [0.4, 0.5) is 13.2 Å². The first-order valence-corrected chi connectivity index (χ1v) is 11.1. The summed E-state index contributed by atoms with van der Waals surface area (Å²) in [5.41, 5.74) is -0.168. The summed E-state index contributed by atoms with van der Waals surface area (Å²) in [6, 6.07) is 10.7. The van der Waals surface area contributed by atoms with Crippen molar-refractivity contribution in [3.63, 3.8) is 0 Å². The zero-order chi connectivity index (χ0) is 22.3. The first-order chi connectivity index (χ1) is 13.8. The Morgan fingerprint density at radius 2 is 1.73 bits per heavy atom. The Bertz CT molecular complexity index is 1050. The number of carbonyl (C=O) groups is 1. The predicted octanol–water partition coefficient (Wildman–Crippen LogP) is 4.96. The minimum atomic E-state index is -4.64. The first kappa shape index (κ1) is 22.6. The molecular weight excluding hydrogens is 439 g/mol. The molecule has 3 rings (SSSR count). The van der Waals surface area contributed by atoms with Gasteiger partial charge in [0.05, 0.1) is 15.2 Å². The van der Waals surface area contributed by atoms with E-state index in [0.29, 0.717) is 17.6 Å². The van der Waals surface area contributed by atoms with Gasteiger partial charge in [0.2, 0.25) is 5.91 Å². The number of sulfone groups is 1. The van der Waals surface area contributed by atoms with Crippen LogP contribution in [0.15, 0.2) is 53.4 Å². The van der Waals surface area contributed by atoms with E-state index in [-0.39, 0.29) is 18.9 Å². The van der Waals surface area contributed by atoms with Gasteiger partial charge in [-0.25, -0.2) is 8.42 Å². The van der Waals surface area contributed by atoms with Gasteiger partial charge >= 0.3 is 6.18 Å². The second-order valence-electron chi connectivity index (χ2n) is 7.93. The molecule has 1 amide bonds. The highest BCUT2D eigenvalue weighted by atomic mass is 35.5. The van der Waals surface area contributed by atoms with Gasteiger partial charge in [0.15, 0.2) is 9.84 Å². The molecule has 1 unspecified atom stereocenters. The second-order valence-corrected chi connectivity index (χ2v) is 10.9. The van der Waals surface area contributed by atoms with Crippen LogP contribution in [0, 0.1) is 5.92 Å². The second kappa shape index (κ2) is 7.89.